The number of carboxylic acid groups (broad SMARTS) is 2. The van der Waals surface area contributed by atoms with E-state index >= 15 is 0 Å². The number of benzene rings is 1. The molecule has 7 nitrogen and oxygen atoms in total. The zero-order valence-corrected chi connectivity index (χ0v) is 20.1. The van der Waals surface area contributed by atoms with Gasteiger partial charge in [-0.15, -0.1) is 0 Å². The van der Waals surface area contributed by atoms with Crippen LogP contribution in [0.25, 0.3) is 0 Å². The Morgan fingerprint density at radius 1 is 1.00 bits per heavy atom. The Balaban J connectivity index is 0.000000383. The number of aliphatic carboxylic acids is 2. The van der Waals surface area contributed by atoms with Crippen molar-refractivity contribution in [2.75, 3.05) is 46.9 Å². The lowest BCUT2D eigenvalue weighted by molar-refractivity contribution is -0.193. The lowest BCUT2D eigenvalue weighted by atomic mass is 9.76. The van der Waals surface area contributed by atoms with Gasteiger partial charge in [-0.05, 0) is 56.8 Å². The third-order valence-electron chi connectivity index (χ3n) is 6.20. The highest BCUT2D eigenvalue weighted by atomic mass is 19.4. The summed E-state index contributed by atoms with van der Waals surface area (Å²) in [6.07, 6.45) is -4.96. The first kappa shape index (κ1) is 31.6. The quantitative estimate of drug-likeness (QED) is 0.558. The van der Waals surface area contributed by atoms with Crippen molar-refractivity contribution >= 4 is 11.9 Å². The van der Waals surface area contributed by atoms with Crippen LogP contribution in [0.2, 0.25) is 0 Å². The predicted molar refractivity (Wildman–Crippen MR) is 119 cm³/mol. The molecule has 0 amide bonds. The van der Waals surface area contributed by atoms with Gasteiger partial charge in [0.1, 0.15) is 0 Å². The molecule has 1 atom stereocenters. The third-order valence-corrected chi connectivity index (χ3v) is 6.20. The van der Waals surface area contributed by atoms with Gasteiger partial charge in [0.15, 0.2) is 0 Å². The maximum atomic E-state index is 10.6. The topological polar surface area (TPSA) is 90.3 Å². The Labute approximate surface area is 205 Å². The first-order chi connectivity index (χ1) is 16.6. The summed E-state index contributed by atoms with van der Waals surface area (Å²) in [7, 11) is 4.09. The lowest BCUT2D eigenvalue weighted by Crippen LogP contribution is -2.42. The molecule has 1 aromatic carbocycles. The van der Waals surface area contributed by atoms with Crippen LogP contribution >= 0.6 is 0 Å². The number of carbonyl (C=O) groups is 2. The molecule has 0 aliphatic carbocycles. The molecule has 1 aromatic rings. The van der Waals surface area contributed by atoms with Gasteiger partial charge in [0.05, 0.1) is 6.61 Å². The third kappa shape index (κ3) is 11.1. The highest BCUT2D eigenvalue weighted by Crippen LogP contribution is 2.42. The summed E-state index contributed by atoms with van der Waals surface area (Å²) in [6, 6.07) is 11.5. The van der Waals surface area contributed by atoms with E-state index in [1.165, 1.54) is 57.4 Å². The summed E-state index contributed by atoms with van der Waals surface area (Å²) < 4.78 is 68.9. The number of alkyl halides is 6. The number of likely N-dealkylation sites (N-methyl/N-ethyl adjacent to an activating group) is 1. The van der Waals surface area contributed by atoms with Crippen LogP contribution in [0.1, 0.15) is 24.8 Å². The minimum absolute atomic E-state index is 0.557. The summed E-state index contributed by atoms with van der Waals surface area (Å²) in [6.45, 7) is 5.88. The highest BCUT2D eigenvalue weighted by molar-refractivity contribution is 5.73. The van der Waals surface area contributed by atoms with E-state index in [0.717, 1.165) is 6.61 Å². The van der Waals surface area contributed by atoms with Crippen LogP contribution in [0, 0.1) is 5.41 Å². The number of methoxy groups -OCH3 is 1. The zero-order valence-electron chi connectivity index (χ0n) is 20.1. The first-order valence-corrected chi connectivity index (χ1v) is 11.2. The van der Waals surface area contributed by atoms with Crippen molar-refractivity contribution in [2.45, 2.75) is 44.1 Å². The summed E-state index contributed by atoms with van der Waals surface area (Å²) in [4.78, 5) is 23.0. The van der Waals surface area contributed by atoms with E-state index in [0.29, 0.717) is 11.5 Å². The Morgan fingerprint density at radius 2 is 1.47 bits per heavy atom. The Morgan fingerprint density at radius 3 is 1.89 bits per heavy atom. The minimum atomic E-state index is -5.08. The fraction of sp³-hybridized carbons (Fsp3) is 0.652. The molecule has 2 fully saturated rings. The Bertz CT molecular complexity index is 787. The van der Waals surface area contributed by atoms with Gasteiger partial charge in [-0.3, -0.25) is 0 Å². The number of hydrogen-bond donors (Lipinski definition) is 2. The van der Waals surface area contributed by atoms with Crippen LogP contribution in [0.5, 0.6) is 0 Å². The molecule has 2 saturated heterocycles. The van der Waals surface area contributed by atoms with Crippen LogP contribution in [0.3, 0.4) is 0 Å². The number of likely N-dealkylation sites (tertiary alicyclic amines) is 2. The monoisotopic (exact) mass is 530 g/mol. The fourth-order valence-corrected chi connectivity index (χ4v) is 4.30. The van der Waals surface area contributed by atoms with Gasteiger partial charge < -0.3 is 24.7 Å². The van der Waals surface area contributed by atoms with Crippen LogP contribution in [-0.4, -0.2) is 97.3 Å². The van der Waals surface area contributed by atoms with Crippen molar-refractivity contribution in [1.82, 2.24) is 9.80 Å². The Kier molecular flexibility index (Phi) is 12.1. The second-order valence-corrected chi connectivity index (χ2v) is 8.91. The van der Waals surface area contributed by atoms with Crippen molar-refractivity contribution in [1.29, 1.82) is 0 Å². The van der Waals surface area contributed by atoms with E-state index in [2.05, 4.69) is 47.2 Å². The maximum Gasteiger partial charge on any atom is 0.490 e. The van der Waals surface area contributed by atoms with Gasteiger partial charge in [-0.1, -0.05) is 30.3 Å². The number of nitrogens with zero attached hydrogens (tertiary/aromatic N) is 2. The van der Waals surface area contributed by atoms with Crippen LogP contribution < -0.4 is 0 Å². The molecule has 2 heterocycles. The van der Waals surface area contributed by atoms with Gasteiger partial charge in [0.25, 0.3) is 0 Å². The van der Waals surface area contributed by atoms with Crippen LogP contribution in [0.4, 0.5) is 26.3 Å². The van der Waals surface area contributed by atoms with E-state index < -0.39 is 24.3 Å². The highest BCUT2D eigenvalue weighted by Gasteiger charge is 2.44. The molecule has 2 aliphatic heterocycles. The largest absolute Gasteiger partial charge is 0.490 e. The fourth-order valence-electron chi connectivity index (χ4n) is 4.30. The molecular formula is C23H32F6N2O5. The average Bonchev–Trinajstić information content (AvgIpc) is 3.08. The second kappa shape index (κ2) is 13.8. The van der Waals surface area contributed by atoms with Crippen molar-refractivity contribution < 1.29 is 50.9 Å². The molecule has 36 heavy (non-hydrogen) atoms. The van der Waals surface area contributed by atoms with Crippen molar-refractivity contribution in [3.63, 3.8) is 0 Å². The predicted octanol–water partition coefficient (Wildman–Crippen LogP) is 3.93. The standard InChI is InChI=1S/C19H30N2O.2C2HF3O2/c1-20-16-19(14-18(20)15-22-2)9-12-21(13-10-19)11-8-17-6-4-3-5-7-17;2*3-2(4,5)1(6)7/h3-7,18H,8-16H2,1-2H3;2*(H,6,7). The van der Waals surface area contributed by atoms with Gasteiger partial charge in [0.2, 0.25) is 0 Å². The molecule has 0 saturated carbocycles. The number of carboxylic acids is 2. The number of hydrogen-bond acceptors (Lipinski definition) is 5. The van der Waals surface area contributed by atoms with Crippen LogP contribution in [-0.2, 0) is 20.7 Å². The van der Waals surface area contributed by atoms with E-state index in [-0.39, 0.29) is 0 Å². The first-order valence-electron chi connectivity index (χ1n) is 11.2. The zero-order chi connectivity index (χ0) is 27.6. The van der Waals surface area contributed by atoms with Gasteiger partial charge in [0, 0.05) is 26.2 Å². The van der Waals surface area contributed by atoms with E-state index in [4.69, 9.17) is 24.5 Å². The average molecular weight is 531 g/mol. The number of halogens is 6. The molecule has 206 valence electrons. The van der Waals surface area contributed by atoms with Gasteiger partial charge >= 0.3 is 24.3 Å². The number of rotatable bonds is 5. The van der Waals surface area contributed by atoms with E-state index in [1.807, 2.05) is 7.11 Å². The summed E-state index contributed by atoms with van der Waals surface area (Å²) in [5.41, 5.74) is 2.02. The molecule has 3 rings (SSSR count). The van der Waals surface area contributed by atoms with E-state index in [9.17, 15) is 26.3 Å². The SMILES string of the molecule is COCC1CC2(CCN(CCc3ccccc3)CC2)CN1C.O=C(O)C(F)(F)F.O=C(O)C(F)(F)F. The lowest BCUT2D eigenvalue weighted by Gasteiger charge is -2.39. The smallest absolute Gasteiger partial charge is 0.475 e. The van der Waals surface area contributed by atoms with Crippen LogP contribution in [0.15, 0.2) is 30.3 Å². The molecular weight excluding hydrogens is 498 g/mol. The van der Waals surface area contributed by atoms with Gasteiger partial charge in [-0.2, -0.15) is 26.3 Å². The molecule has 1 unspecified atom stereocenters. The maximum absolute atomic E-state index is 10.6. The number of piperidine rings is 1. The summed E-state index contributed by atoms with van der Waals surface area (Å²) in [5.74, 6) is -5.51. The molecule has 1 spiro atoms. The number of ether oxygens (including phenoxy) is 1. The van der Waals surface area contributed by atoms with Crippen molar-refractivity contribution in [2.24, 2.45) is 5.41 Å². The van der Waals surface area contributed by atoms with E-state index in [1.54, 1.807) is 0 Å². The van der Waals surface area contributed by atoms with Gasteiger partial charge in [-0.25, -0.2) is 9.59 Å². The minimum Gasteiger partial charge on any atom is -0.475 e. The summed E-state index contributed by atoms with van der Waals surface area (Å²) in [5, 5.41) is 14.2. The van der Waals surface area contributed by atoms with Crippen molar-refractivity contribution in [3.05, 3.63) is 35.9 Å². The second-order valence-electron chi connectivity index (χ2n) is 8.91. The molecule has 0 aromatic heterocycles. The molecule has 13 heteroatoms. The van der Waals surface area contributed by atoms with Crippen molar-refractivity contribution in [3.8, 4) is 0 Å². The Hall–Kier alpha value is -2.38. The molecule has 2 N–H and O–H groups in total. The molecule has 2 aliphatic rings. The molecule has 0 bridgehead atoms. The molecule has 0 radical (unpaired) electrons. The summed E-state index contributed by atoms with van der Waals surface area (Å²) >= 11 is 0. The normalized spacial score (nSPS) is 20.2.